The average molecular weight is 721 g/mol. The van der Waals surface area contributed by atoms with E-state index in [1.807, 2.05) is 0 Å². The van der Waals surface area contributed by atoms with E-state index in [0.29, 0.717) is 44.9 Å². The number of hydrogen-bond acceptors (Lipinski definition) is 10. The summed E-state index contributed by atoms with van der Waals surface area (Å²) in [5, 5.41) is 0.0978. The van der Waals surface area contributed by atoms with Crippen LogP contribution < -0.4 is 55.9 Å². The molecule has 4 N–H and O–H groups in total. The Bertz CT molecular complexity index is 2810. The lowest BCUT2D eigenvalue weighted by atomic mass is 9.78. The van der Waals surface area contributed by atoms with E-state index < -0.39 is 68.1 Å². The zero-order chi connectivity index (χ0) is 37.2. The molecule has 9 rings (SSSR count). The van der Waals surface area contributed by atoms with Crippen LogP contribution in [0.25, 0.3) is 43.1 Å². The summed E-state index contributed by atoms with van der Waals surface area (Å²) in [6.45, 7) is 1.68. The summed E-state index contributed by atoms with van der Waals surface area (Å²) in [6, 6.07) is 2.69. The van der Waals surface area contributed by atoms with Crippen molar-refractivity contribution in [2.75, 3.05) is 0 Å². The van der Waals surface area contributed by atoms with Gasteiger partial charge in [0, 0.05) is 12.1 Å². The fourth-order valence-electron chi connectivity index (χ4n) is 10.2. The molecule has 0 bridgehead atoms. The second-order valence-electron chi connectivity index (χ2n) is 15.9. The molecule has 3 aliphatic carbocycles. The molecule has 0 amide bonds. The van der Waals surface area contributed by atoms with Gasteiger partial charge < -0.3 is 11.5 Å². The van der Waals surface area contributed by atoms with Gasteiger partial charge in [0.25, 0.3) is 44.5 Å². The molecule has 0 saturated heterocycles. The highest BCUT2D eigenvalue weighted by atomic mass is 16.2. The van der Waals surface area contributed by atoms with E-state index in [0.717, 1.165) is 34.8 Å². The Balaban J connectivity index is 1.19. The Morgan fingerprint density at radius 1 is 0.453 bits per heavy atom. The van der Waals surface area contributed by atoms with Crippen LogP contribution >= 0.6 is 0 Å². The predicted molar refractivity (Wildman–Crippen MR) is 202 cm³/mol. The number of fused-ring (bicyclic) bond motifs is 4. The number of aromatic nitrogens is 4. The number of benzene rings is 2. The Labute approximate surface area is 299 Å². The molecule has 2 aromatic carbocycles. The van der Waals surface area contributed by atoms with E-state index in [9.17, 15) is 38.4 Å². The smallest absolute Gasteiger partial charge is 0.262 e. The van der Waals surface area contributed by atoms with Gasteiger partial charge in [0.1, 0.15) is 0 Å². The lowest BCUT2D eigenvalue weighted by Gasteiger charge is -2.41. The SMILES string of the molecule is C[C@@]1(n2c(=O)c3cc4c(=O)n(C5CCCC[C@H]5N)c(=O)c4cc3c2=O)CCCCC1n1c(=O)c2cc3c(=O)n([C@@H]4CCCC[C@H]4N)c(=O)c3cc2c1=O. The van der Waals surface area contributed by atoms with Gasteiger partial charge in [-0.25, -0.2) is 0 Å². The van der Waals surface area contributed by atoms with Gasteiger partial charge in [-0.3, -0.25) is 56.6 Å². The van der Waals surface area contributed by atoms with Crippen molar-refractivity contribution in [1.29, 1.82) is 0 Å². The summed E-state index contributed by atoms with van der Waals surface area (Å²) in [6.07, 6.45) is 7.78. The maximum absolute atomic E-state index is 14.3. The van der Waals surface area contributed by atoms with Gasteiger partial charge in [-0.2, -0.15) is 0 Å². The van der Waals surface area contributed by atoms with Gasteiger partial charge in [-0.1, -0.05) is 38.5 Å². The molecule has 14 nitrogen and oxygen atoms in total. The largest absolute Gasteiger partial charge is 0.326 e. The molecule has 0 spiro atoms. The van der Waals surface area contributed by atoms with Gasteiger partial charge >= 0.3 is 0 Å². The summed E-state index contributed by atoms with van der Waals surface area (Å²) < 4.78 is 4.51. The van der Waals surface area contributed by atoms with E-state index in [2.05, 4.69) is 0 Å². The van der Waals surface area contributed by atoms with Gasteiger partial charge in [0.15, 0.2) is 0 Å². The maximum atomic E-state index is 14.3. The van der Waals surface area contributed by atoms with Crippen LogP contribution in [0, 0.1) is 0 Å². The zero-order valence-corrected chi connectivity index (χ0v) is 29.4. The molecule has 3 fully saturated rings. The van der Waals surface area contributed by atoms with E-state index in [1.54, 1.807) is 6.92 Å². The fraction of sp³-hybridized carbons (Fsp3) is 0.487. The summed E-state index contributed by atoms with van der Waals surface area (Å²) in [4.78, 5) is 111. The minimum atomic E-state index is -1.35. The Kier molecular flexibility index (Phi) is 7.45. The van der Waals surface area contributed by atoms with Gasteiger partial charge in [-0.05, 0) is 69.7 Å². The highest BCUT2D eigenvalue weighted by Gasteiger charge is 2.44. The van der Waals surface area contributed by atoms with Crippen LogP contribution in [0.15, 0.2) is 62.6 Å². The first-order valence-corrected chi connectivity index (χ1v) is 18.7. The van der Waals surface area contributed by atoms with Crippen LogP contribution in [0.4, 0.5) is 0 Å². The van der Waals surface area contributed by atoms with Crippen molar-refractivity contribution in [3.63, 3.8) is 0 Å². The Hall–Kier alpha value is -5.08. The highest BCUT2D eigenvalue weighted by molar-refractivity contribution is 5.99. The molecule has 0 aliphatic heterocycles. The summed E-state index contributed by atoms with van der Waals surface area (Å²) in [5.74, 6) is 0. The summed E-state index contributed by atoms with van der Waals surface area (Å²) in [7, 11) is 0. The number of nitrogens with two attached hydrogens (primary N) is 2. The van der Waals surface area contributed by atoms with Crippen LogP contribution in [0.3, 0.4) is 0 Å². The highest BCUT2D eigenvalue weighted by Crippen LogP contribution is 2.41. The molecule has 6 atom stereocenters. The number of hydrogen-bond donors (Lipinski definition) is 2. The van der Waals surface area contributed by atoms with Crippen molar-refractivity contribution in [3.05, 3.63) is 107 Å². The quantitative estimate of drug-likeness (QED) is 0.269. The maximum Gasteiger partial charge on any atom is 0.262 e. The second-order valence-corrected chi connectivity index (χ2v) is 15.9. The number of nitrogens with zero attached hydrogens (tertiary/aromatic N) is 4. The first-order chi connectivity index (χ1) is 25.3. The normalized spacial score (nSPS) is 27.1. The molecule has 4 aromatic heterocycles. The van der Waals surface area contributed by atoms with Crippen LogP contribution in [0.1, 0.15) is 102 Å². The van der Waals surface area contributed by atoms with E-state index in [-0.39, 0.29) is 61.6 Å². The minimum Gasteiger partial charge on any atom is -0.326 e. The second kappa shape index (κ2) is 11.7. The molecular formula is C39H40N6O8. The van der Waals surface area contributed by atoms with Gasteiger partial charge in [-0.15, -0.1) is 0 Å². The molecule has 6 aromatic rings. The third-order valence-electron chi connectivity index (χ3n) is 13.1. The Morgan fingerprint density at radius 3 is 1.15 bits per heavy atom. The zero-order valence-electron chi connectivity index (χ0n) is 29.4. The van der Waals surface area contributed by atoms with Crippen molar-refractivity contribution in [2.45, 2.75) is 120 Å². The van der Waals surface area contributed by atoms with Crippen LogP contribution in [-0.2, 0) is 5.54 Å². The first kappa shape index (κ1) is 33.7. The van der Waals surface area contributed by atoms with E-state index >= 15 is 0 Å². The van der Waals surface area contributed by atoms with Crippen molar-refractivity contribution in [3.8, 4) is 0 Å². The third-order valence-corrected chi connectivity index (χ3v) is 13.1. The number of rotatable bonds is 4. The van der Waals surface area contributed by atoms with Crippen molar-refractivity contribution in [2.24, 2.45) is 11.5 Å². The minimum absolute atomic E-state index is 0.0179. The topological polar surface area (TPSA) is 208 Å². The molecule has 3 saturated carbocycles. The van der Waals surface area contributed by atoms with Crippen molar-refractivity contribution >= 4 is 43.1 Å². The lowest BCUT2D eigenvalue weighted by Crippen LogP contribution is -2.53. The molecular weight excluding hydrogens is 680 g/mol. The third kappa shape index (κ3) is 4.51. The van der Waals surface area contributed by atoms with Gasteiger partial charge in [0.2, 0.25) is 0 Å². The van der Waals surface area contributed by atoms with Crippen LogP contribution in [0.2, 0.25) is 0 Å². The standard InChI is InChI=1S/C39H40N6O8/c1-39(45-37(52)24-16-20-21(17-25(24)38(45)53)34(49)43(33(20)48)29-11-5-3-9-27(29)41)13-7-6-12-30(39)44-35(50)22-14-18-19(15-23(22)36(44)51)32(47)42(31(18)46)28-10-4-2-8-26(28)40/h14-17,26-30H,2-13,40-41H2,1H3/t26-,27-,28-,29?,30?,39-/m1/s1. The molecule has 4 heterocycles. The lowest BCUT2D eigenvalue weighted by molar-refractivity contribution is 0.120. The first-order valence-electron chi connectivity index (χ1n) is 18.7. The van der Waals surface area contributed by atoms with Crippen molar-refractivity contribution < 1.29 is 0 Å². The average Bonchev–Trinajstić information content (AvgIpc) is 3.73. The molecule has 3 aliphatic rings. The monoisotopic (exact) mass is 720 g/mol. The molecule has 0 radical (unpaired) electrons. The summed E-state index contributed by atoms with van der Waals surface area (Å²) >= 11 is 0. The molecule has 14 heteroatoms. The predicted octanol–water partition coefficient (Wildman–Crippen LogP) is 1.55. The van der Waals surface area contributed by atoms with Crippen LogP contribution in [0.5, 0.6) is 0 Å². The van der Waals surface area contributed by atoms with Gasteiger partial charge in [0.05, 0.1) is 66.8 Å². The Morgan fingerprint density at radius 2 is 0.774 bits per heavy atom. The van der Waals surface area contributed by atoms with Crippen molar-refractivity contribution in [1.82, 2.24) is 18.3 Å². The van der Waals surface area contributed by atoms with E-state index in [4.69, 9.17) is 11.5 Å². The molecule has 274 valence electrons. The molecule has 53 heavy (non-hydrogen) atoms. The fourth-order valence-corrected chi connectivity index (χ4v) is 10.2. The van der Waals surface area contributed by atoms with E-state index in [1.165, 1.54) is 33.4 Å². The van der Waals surface area contributed by atoms with Crippen LogP contribution in [-0.4, -0.2) is 30.4 Å². The summed E-state index contributed by atoms with van der Waals surface area (Å²) in [5.41, 5.74) is 6.39. The molecule has 2 unspecified atom stereocenters.